The first-order valence-corrected chi connectivity index (χ1v) is 6.51. The van der Waals surface area contributed by atoms with Crippen molar-refractivity contribution >= 4 is 0 Å². The summed E-state index contributed by atoms with van der Waals surface area (Å²) in [6, 6.07) is 0.980. The molecule has 0 amide bonds. The summed E-state index contributed by atoms with van der Waals surface area (Å²) in [6.07, 6.45) is -1.21. The molecule has 0 saturated carbocycles. The summed E-state index contributed by atoms with van der Waals surface area (Å²) in [6.45, 7) is 0.0760. The lowest BCUT2D eigenvalue weighted by atomic mass is 10.1. The summed E-state index contributed by atoms with van der Waals surface area (Å²) in [5.41, 5.74) is 0.814. The number of hydrogen-bond donors (Lipinski definition) is 0. The summed E-state index contributed by atoms with van der Waals surface area (Å²) < 4.78 is 46.2. The highest BCUT2D eigenvalue weighted by Crippen LogP contribution is 2.38. The number of nitrogens with zero attached hydrogens (tertiary/aromatic N) is 4. The Labute approximate surface area is 118 Å². The Bertz CT molecular complexity index is 666. The number of ether oxygens (including phenoxy) is 1. The van der Waals surface area contributed by atoms with Crippen LogP contribution in [0.4, 0.5) is 13.2 Å². The molecule has 0 aliphatic heterocycles. The van der Waals surface area contributed by atoms with E-state index in [-0.39, 0.29) is 12.5 Å². The Morgan fingerprint density at radius 2 is 2.14 bits per heavy atom. The molecule has 0 unspecified atom stereocenters. The van der Waals surface area contributed by atoms with Crippen molar-refractivity contribution in [2.75, 3.05) is 0 Å². The van der Waals surface area contributed by atoms with Gasteiger partial charge in [-0.1, -0.05) is 5.21 Å². The van der Waals surface area contributed by atoms with Gasteiger partial charge in [-0.05, 0) is 24.8 Å². The monoisotopic (exact) mass is 298 g/mol. The van der Waals surface area contributed by atoms with E-state index in [1.807, 2.05) is 0 Å². The van der Waals surface area contributed by atoms with Gasteiger partial charge in [0, 0.05) is 18.8 Å². The van der Waals surface area contributed by atoms with Crippen LogP contribution in [-0.4, -0.2) is 20.0 Å². The van der Waals surface area contributed by atoms with E-state index in [4.69, 9.17) is 4.74 Å². The topological polar surface area (TPSA) is 52.8 Å². The molecule has 1 aliphatic carbocycles. The third-order valence-corrected chi connectivity index (χ3v) is 3.51. The number of hydrogen-bond acceptors (Lipinski definition) is 4. The largest absolute Gasteiger partial charge is 0.471 e. The zero-order chi connectivity index (χ0) is 15.0. The van der Waals surface area contributed by atoms with Gasteiger partial charge in [0.1, 0.15) is 6.61 Å². The van der Waals surface area contributed by atoms with E-state index in [0.29, 0.717) is 36.2 Å². The van der Waals surface area contributed by atoms with Gasteiger partial charge in [-0.2, -0.15) is 13.2 Å². The molecule has 5 nitrogen and oxygen atoms in total. The Hall–Kier alpha value is -2.12. The highest BCUT2D eigenvalue weighted by Gasteiger charge is 2.36. The van der Waals surface area contributed by atoms with Gasteiger partial charge in [-0.15, -0.1) is 5.10 Å². The van der Waals surface area contributed by atoms with Gasteiger partial charge in [0.2, 0.25) is 5.88 Å². The molecule has 2 aromatic rings. The first-order chi connectivity index (χ1) is 9.95. The minimum Gasteiger partial charge on any atom is -0.471 e. The lowest BCUT2D eigenvalue weighted by molar-refractivity contribution is -0.138. The second kappa shape index (κ2) is 5.01. The van der Waals surface area contributed by atoms with Gasteiger partial charge in [-0.25, -0.2) is 9.67 Å². The number of halogens is 3. The Morgan fingerprint density at radius 1 is 1.33 bits per heavy atom. The molecule has 2 aromatic heterocycles. The van der Waals surface area contributed by atoms with E-state index >= 15 is 0 Å². The second-order valence-corrected chi connectivity index (χ2v) is 4.92. The third-order valence-electron chi connectivity index (χ3n) is 3.51. The number of fused-ring (bicyclic) bond motifs is 1. The minimum absolute atomic E-state index is 0.0100. The fourth-order valence-corrected chi connectivity index (χ4v) is 2.43. The van der Waals surface area contributed by atoms with Gasteiger partial charge in [0.05, 0.1) is 17.5 Å². The van der Waals surface area contributed by atoms with Gasteiger partial charge < -0.3 is 4.74 Å². The van der Waals surface area contributed by atoms with Gasteiger partial charge >= 0.3 is 6.18 Å². The maximum Gasteiger partial charge on any atom is 0.416 e. The number of alkyl halides is 3. The summed E-state index contributed by atoms with van der Waals surface area (Å²) in [7, 11) is 1.68. The third kappa shape index (κ3) is 2.70. The fourth-order valence-electron chi connectivity index (χ4n) is 2.43. The average Bonchev–Trinajstić information content (AvgIpc) is 3.02. The van der Waals surface area contributed by atoms with Crippen molar-refractivity contribution < 1.29 is 17.9 Å². The molecule has 0 aromatic carbocycles. The summed E-state index contributed by atoms with van der Waals surface area (Å²) in [5.74, 6) is -0.0100. The lowest BCUT2D eigenvalue weighted by Gasteiger charge is -2.14. The zero-order valence-electron chi connectivity index (χ0n) is 11.3. The highest BCUT2D eigenvalue weighted by atomic mass is 19.4. The predicted octanol–water partition coefficient (Wildman–Crippen LogP) is 2.30. The summed E-state index contributed by atoms with van der Waals surface area (Å²) >= 11 is 0. The zero-order valence-corrected chi connectivity index (χ0v) is 11.3. The molecule has 0 bridgehead atoms. The van der Waals surface area contributed by atoms with E-state index in [9.17, 15) is 13.2 Å². The molecular formula is C13H13F3N4O. The second-order valence-electron chi connectivity index (χ2n) is 4.92. The molecule has 0 spiro atoms. The molecule has 8 heteroatoms. The fraction of sp³-hybridized carbons (Fsp3) is 0.462. The lowest BCUT2D eigenvalue weighted by Crippen LogP contribution is -2.12. The van der Waals surface area contributed by atoms with Crippen LogP contribution in [0, 0.1) is 0 Å². The van der Waals surface area contributed by atoms with Crippen molar-refractivity contribution in [3.05, 3.63) is 34.8 Å². The first-order valence-electron chi connectivity index (χ1n) is 6.51. The van der Waals surface area contributed by atoms with Crippen molar-refractivity contribution in [2.45, 2.75) is 32.0 Å². The van der Waals surface area contributed by atoms with Crippen LogP contribution in [0.1, 0.15) is 28.9 Å². The van der Waals surface area contributed by atoms with E-state index in [1.165, 1.54) is 10.9 Å². The van der Waals surface area contributed by atoms with E-state index in [2.05, 4.69) is 15.3 Å². The van der Waals surface area contributed by atoms with E-state index in [1.54, 1.807) is 7.05 Å². The molecule has 3 rings (SSSR count). The minimum atomic E-state index is -4.39. The van der Waals surface area contributed by atoms with Gasteiger partial charge in [0.25, 0.3) is 0 Å². The highest BCUT2D eigenvalue weighted by molar-refractivity contribution is 5.39. The standard InChI is InChI=1S/C13H13F3N4O/c1-20-8(6-17-19-20)7-21-12-5-10(13(14,15)16)9-3-2-4-11(9)18-12/h5-6H,2-4,7H2,1H3. The van der Waals surface area contributed by atoms with Crippen LogP contribution in [0.2, 0.25) is 0 Å². The van der Waals surface area contributed by atoms with Gasteiger partial charge in [-0.3, -0.25) is 0 Å². The molecular weight excluding hydrogens is 285 g/mol. The van der Waals surface area contributed by atoms with Crippen LogP contribution in [-0.2, 0) is 32.7 Å². The first kappa shape index (κ1) is 13.8. The van der Waals surface area contributed by atoms with Crippen molar-refractivity contribution in [3.8, 4) is 5.88 Å². The molecule has 112 valence electrons. The quantitative estimate of drug-likeness (QED) is 0.872. The molecule has 0 radical (unpaired) electrons. The van der Waals surface area contributed by atoms with Crippen LogP contribution in [0.3, 0.4) is 0 Å². The number of rotatable bonds is 3. The Morgan fingerprint density at radius 3 is 2.81 bits per heavy atom. The number of pyridine rings is 1. The van der Waals surface area contributed by atoms with Crippen LogP contribution in [0.15, 0.2) is 12.3 Å². The maximum atomic E-state index is 13.1. The molecule has 0 saturated heterocycles. The van der Waals surface area contributed by atoms with Crippen LogP contribution < -0.4 is 4.74 Å². The van der Waals surface area contributed by atoms with E-state index < -0.39 is 11.7 Å². The van der Waals surface area contributed by atoms with Gasteiger partial charge in [0.15, 0.2) is 0 Å². The molecule has 0 atom stereocenters. The molecule has 0 N–H and O–H groups in total. The average molecular weight is 298 g/mol. The van der Waals surface area contributed by atoms with Crippen LogP contribution in [0.25, 0.3) is 0 Å². The Kier molecular flexibility index (Phi) is 3.30. The molecule has 0 fully saturated rings. The molecule has 21 heavy (non-hydrogen) atoms. The van der Waals surface area contributed by atoms with Crippen molar-refractivity contribution in [3.63, 3.8) is 0 Å². The number of aryl methyl sites for hydroxylation is 2. The summed E-state index contributed by atoms with van der Waals surface area (Å²) in [5, 5.41) is 7.41. The predicted molar refractivity (Wildman–Crippen MR) is 66.6 cm³/mol. The normalized spacial score (nSPS) is 14.3. The molecule has 1 aliphatic rings. The van der Waals surface area contributed by atoms with Crippen LogP contribution in [0.5, 0.6) is 5.88 Å². The number of aromatic nitrogens is 4. The Balaban J connectivity index is 1.88. The van der Waals surface area contributed by atoms with Crippen molar-refractivity contribution in [1.29, 1.82) is 0 Å². The van der Waals surface area contributed by atoms with Crippen LogP contribution >= 0.6 is 0 Å². The smallest absolute Gasteiger partial charge is 0.416 e. The molecule has 2 heterocycles. The SMILES string of the molecule is Cn1nncc1COc1cc(C(F)(F)F)c2c(n1)CCC2. The summed E-state index contributed by atoms with van der Waals surface area (Å²) in [4.78, 5) is 4.18. The van der Waals surface area contributed by atoms with E-state index in [0.717, 1.165) is 6.07 Å². The van der Waals surface area contributed by atoms with Crippen molar-refractivity contribution in [1.82, 2.24) is 20.0 Å². The van der Waals surface area contributed by atoms with Crippen molar-refractivity contribution in [2.24, 2.45) is 7.05 Å². The maximum absolute atomic E-state index is 13.1.